The van der Waals surface area contributed by atoms with Crippen molar-refractivity contribution >= 4 is 28.5 Å². The minimum Gasteiger partial charge on any atom is -0.481 e. The highest BCUT2D eigenvalue weighted by Crippen LogP contribution is 2.16. The van der Waals surface area contributed by atoms with Gasteiger partial charge in [0.05, 0.1) is 6.21 Å². The minimum absolute atomic E-state index is 0.264. The van der Waals surface area contributed by atoms with Crippen molar-refractivity contribution in [2.45, 2.75) is 0 Å². The summed E-state index contributed by atoms with van der Waals surface area (Å²) in [6.45, 7) is 0.264. The maximum Gasteiger partial charge on any atom is 0.205 e. The fraction of sp³-hybridized carbons (Fsp3) is 0.0769. The Morgan fingerprint density at radius 1 is 1.47 bits per heavy atom. The predicted molar refractivity (Wildman–Crippen MR) is 78.5 cm³/mol. The summed E-state index contributed by atoms with van der Waals surface area (Å²) in [7, 11) is 0. The molecule has 0 fully saturated rings. The van der Waals surface area contributed by atoms with Gasteiger partial charge in [-0.3, -0.25) is 5.43 Å². The van der Waals surface area contributed by atoms with Crippen LogP contribution in [0.4, 0.5) is 10.9 Å². The zero-order valence-electron chi connectivity index (χ0n) is 10.0. The molecule has 0 atom stereocenters. The molecule has 5 nitrogen and oxygen atoms in total. The van der Waals surface area contributed by atoms with E-state index in [9.17, 15) is 0 Å². The van der Waals surface area contributed by atoms with Gasteiger partial charge in [0, 0.05) is 5.38 Å². The van der Waals surface area contributed by atoms with E-state index in [1.165, 1.54) is 11.3 Å². The molecule has 1 aromatic heterocycles. The summed E-state index contributed by atoms with van der Waals surface area (Å²) in [6.07, 6.45) is 6.79. The first kappa shape index (κ1) is 12.9. The summed E-state index contributed by atoms with van der Waals surface area (Å²) < 4.78 is 5.27. The van der Waals surface area contributed by atoms with Crippen molar-refractivity contribution in [2.75, 3.05) is 17.8 Å². The highest BCUT2D eigenvalue weighted by Gasteiger charge is 1.95. The van der Waals surface area contributed by atoms with Crippen LogP contribution in [0.5, 0.6) is 5.75 Å². The second kappa shape index (κ2) is 6.42. The van der Waals surface area contributed by atoms with Crippen molar-refractivity contribution in [2.24, 2.45) is 5.10 Å². The quantitative estimate of drug-likeness (QED) is 0.497. The molecule has 0 spiro atoms. The van der Waals surface area contributed by atoms with Crippen molar-refractivity contribution in [1.82, 2.24) is 4.98 Å². The van der Waals surface area contributed by atoms with Gasteiger partial charge in [-0.2, -0.15) is 5.10 Å². The Balaban J connectivity index is 1.90. The van der Waals surface area contributed by atoms with E-state index in [1.807, 2.05) is 24.3 Å². The van der Waals surface area contributed by atoms with Crippen LogP contribution in [-0.2, 0) is 0 Å². The Kier molecular flexibility index (Phi) is 4.37. The van der Waals surface area contributed by atoms with Crippen LogP contribution in [0.15, 0.2) is 34.7 Å². The number of ether oxygens (including phenoxy) is 1. The number of anilines is 2. The second-order valence-corrected chi connectivity index (χ2v) is 4.37. The summed E-state index contributed by atoms with van der Waals surface area (Å²) in [5, 5.41) is 6.46. The molecule has 0 radical (unpaired) electrons. The number of nitrogens with two attached hydrogens (primary N) is 1. The van der Waals surface area contributed by atoms with Gasteiger partial charge in [0.2, 0.25) is 5.13 Å². The van der Waals surface area contributed by atoms with Crippen LogP contribution in [0.3, 0.4) is 0 Å². The molecule has 0 saturated carbocycles. The average Bonchev–Trinajstić information content (AvgIpc) is 2.84. The average molecular weight is 272 g/mol. The Morgan fingerprint density at radius 2 is 2.26 bits per heavy atom. The molecule has 0 bridgehead atoms. The molecule has 2 rings (SSSR count). The van der Waals surface area contributed by atoms with E-state index in [1.54, 1.807) is 11.6 Å². The number of rotatable bonds is 5. The van der Waals surface area contributed by atoms with Crippen LogP contribution in [0.2, 0.25) is 0 Å². The van der Waals surface area contributed by atoms with Gasteiger partial charge in [0.25, 0.3) is 0 Å². The lowest BCUT2D eigenvalue weighted by molar-refractivity contribution is 0.370. The highest BCUT2D eigenvalue weighted by atomic mass is 32.1. The first-order valence-corrected chi connectivity index (χ1v) is 6.32. The monoisotopic (exact) mass is 272 g/mol. The lowest BCUT2D eigenvalue weighted by Gasteiger charge is -2.01. The van der Waals surface area contributed by atoms with Crippen LogP contribution in [0, 0.1) is 12.3 Å². The van der Waals surface area contributed by atoms with Gasteiger partial charge in [0.15, 0.2) is 0 Å². The Hall–Kier alpha value is -2.52. The van der Waals surface area contributed by atoms with Crippen molar-refractivity contribution in [1.29, 1.82) is 0 Å². The zero-order chi connectivity index (χ0) is 13.5. The van der Waals surface area contributed by atoms with Crippen LogP contribution in [0.25, 0.3) is 0 Å². The lowest BCUT2D eigenvalue weighted by atomic mass is 10.2. The Labute approximate surface area is 115 Å². The van der Waals surface area contributed by atoms with Crippen LogP contribution < -0.4 is 15.9 Å². The number of nitrogens with one attached hydrogen (secondary N) is 1. The van der Waals surface area contributed by atoms with Gasteiger partial charge in [-0.25, -0.2) is 4.98 Å². The molecule has 0 amide bonds. The molecule has 0 saturated heterocycles. The van der Waals surface area contributed by atoms with E-state index >= 15 is 0 Å². The van der Waals surface area contributed by atoms with Gasteiger partial charge in [-0.1, -0.05) is 5.92 Å². The molecule has 19 heavy (non-hydrogen) atoms. The Morgan fingerprint density at radius 3 is 2.89 bits per heavy atom. The normalized spacial score (nSPS) is 10.3. The van der Waals surface area contributed by atoms with E-state index in [0.29, 0.717) is 10.9 Å². The second-order valence-electron chi connectivity index (χ2n) is 3.51. The molecule has 0 aliphatic carbocycles. The molecule has 6 heteroatoms. The van der Waals surface area contributed by atoms with Gasteiger partial charge in [0.1, 0.15) is 18.2 Å². The number of hydrazone groups is 1. The van der Waals surface area contributed by atoms with E-state index in [0.717, 1.165) is 11.3 Å². The third-order valence-electron chi connectivity index (χ3n) is 2.10. The molecule has 1 aromatic carbocycles. The standard InChI is InChI=1S/C13H12N4OS/c1-2-7-18-11-5-3-10(4-6-11)8-15-17-13-16-12(14)9-19-13/h1,3-6,8-9H,7,14H2,(H,16,17). The number of aromatic nitrogens is 1. The van der Waals surface area contributed by atoms with Crippen molar-refractivity contribution in [3.63, 3.8) is 0 Å². The number of thiazole rings is 1. The summed E-state index contributed by atoms with van der Waals surface area (Å²) in [5.74, 6) is 3.63. The molecule has 0 unspecified atom stereocenters. The van der Waals surface area contributed by atoms with Gasteiger partial charge in [-0.15, -0.1) is 17.8 Å². The lowest BCUT2D eigenvalue weighted by Crippen LogP contribution is -1.94. The number of hydrogen-bond acceptors (Lipinski definition) is 6. The Bertz CT molecular complexity index is 598. The largest absolute Gasteiger partial charge is 0.481 e. The van der Waals surface area contributed by atoms with E-state index < -0.39 is 0 Å². The summed E-state index contributed by atoms with van der Waals surface area (Å²) in [5.41, 5.74) is 9.23. The highest BCUT2D eigenvalue weighted by molar-refractivity contribution is 7.14. The van der Waals surface area contributed by atoms with Crippen molar-refractivity contribution in [3.05, 3.63) is 35.2 Å². The molecular weight excluding hydrogens is 260 g/mol. The number of nitrogen functional groups attached to an aromatic ring is 1. The van der Waals surface area contributed by atoms with E-state index in [4.69, 9.17) is 16.9 Å². The number of benzene rings is 1. The third kappa shape index (κ3) is 4.01. The summed E-state index contributed by atoms with van der Waals surface area (Å²) >= 11 is 1.40. The smallest absolute Gasteiger partial charge is 0.205 e. The molecule has 0 aliphatic rings. The molecule has 0 aliphatic heterocycles. The molecular formula is C13H12N4OS. The van der Waals surface area contributed by atoms with E-state index in [-0.39, 0.29) is 6.61 Å². The first-order valence-electron chi connectivity index (χ1n) is 5.44. The van der Waals surface area contributed by atoms with Crippen molar-refractivity contribution in [3.8, 4) is 18.1 Å². The maximum atomic E-state index is 5.50. The van der Waals surface area contributed by atoms with Gasteiger partial charge in [-0.05, 0) is 29.8 Å². The van der Waals surface area contributed by atoms with Crippen molar-refractivity contribution < 1.29 is 4.74 Å². The summed E-state index contributed by atoms with van der Waals surface area (Å²) in [6, 6.07) is 7.43. The van der Waals surface area contributed by atoms with E-state index in [2.05, 4.69) is 21.4 Å². The van der Waals surface area contributed by atoms with Gasteiger partial charge >= 0.3 is 0 Å². The van der Waals surface area contributed by atoms with Crippen LogP contribution in [-0.4, -0.2) is 17.8 Å². The fourth-order valence-corrected chi connectivity index (χ4v) is 1.82. The predicted octanol–water partition coefficient (Wildman–Crippen LogP) is 2.18. The zero-order valence-corrected chi connectivity index (χ0v) is 10.9. The molecule has 1 heterocycles. The molecule has 3 N–H and O–H groups in total. The van der Waals surface area contributed by atoms with Crippen LogP contribution >= 0.6 is 11.3 Å². The van der Waals surface area contributed by atoms with Crippen LogP contribution in [0.1, 0.15) is 5.56 Å². The SMILES string of the molecule is C#CCOc1ccc(C=NNc2nc(N)cs2)cc1. The molecule has 96 valence electrons. The van der Waals surface area contributed by atoms with Gasteiger partial charge < -0.3 is 10.5 Å². The number of hydrogen-bond donors (Lipinski definition) is 2. The minimum atomic E-state index is 0.264. The topological polar surface area (TPSA) is 72.5 Å². The maximum absolute atomic E-state index is 5.50. The number of nitrogens with zero attached hydrogens (tertiary/aromatic N) is 2. The fourth-order valence-electron chi connectivity index (χ4n) is 1.27. The summed E-state index contributed by atoms with van der Waals surface area (Å²) in [4.78, 5) is 4.02. The number of terminal acetylenes is 1. The first-order chi connectivity index (χ1) is 9.28. The molecule has 2 aromatic rings. The third-order valence-corrected chi connectivity index (χ3v) is 2.86.